The van der Waals surface area contributed by atoms with Crippen molar-refractivity contribution < 1.29 is 0 Å². The highest BCUT2D eigenvalue weighted by atomic mass is 14.6. The molecular weight excluding hydrogens is 436 g/mol. The molecule has 0 aromatic heterocycles. The van der Waals surface area contributed by atoms with E-state index in [2.05, 4.69) is 86.6 Å². The minimum atomic E-state index is 0.116. The van der Waals surface area contributed by atoms with Gasteiger partial charge >= 0.3 is 0 Å². The molecule has 0 heterocycles. The van der Waals surface area contributed by atoms with Gasteiger partial charge in [0.1, 0.15) is 0 Å². The molecule has 184 valence electrons. The van der Waals surface area contributed by atoms with Crippen molar-refractivity contribution in [2.45, 2.75) is 64.2 Å². The lowest BCUT2D eigenvalue weighted by Gasteiger charge is -2.39. The van der Waals surface area contributed by atoms with Gasteiger partial charge in [-0.05, 0) is 96.2 Å². The van der Waals surface area contributed by atoms with Crippen LogP contribution in [-0.2, 0) is 18.3 Å². The molecule has 0 radical (unpaired) electrons. The minimum absolute atomic E-state index is 0.116. The Morgan fingerprint density at radius 1 is 0.528 bits per heavy atom. The molecule has 0 bridgehead atoms. The summed E-state index contributed by atoms with van der Waals surface area (Å²) in [4.78, 5) is 0. The van der Waals surface area contributed by atoms with Crippen LogP contribution in [0.3, 0.4) is 0 Å². The van der Waals surface area contributed by atoms with Crippen molar-refractivity contribution in [2.75, 3.05) is 11.5 Å². The fourth-order valence-corrected chi connectivity index (χ4v) is 5.95. The monoisotopic (exact) mass is 474 g/mol. The van der Waals surface area contributed by atoms with E-state index in [1.54, 1.807) is 0 Å². The first-order valence-electron chi connectivity index (χ1n) is 13.3. The molecule has 0 spiro atoms. The number of anilines is 2. The van der Waals surface area contributed by atoms with Crippen molar-refractivity contribution in [3.8, 4) is 0 Å². The molecule has 1 aliphatic rings. The van der Waals surface area contributed by atoms with E-state index in [0.29, 0.717) is 0 Å². The molecule has 4 aromatic rings. The van der Waals surface area contributed by atoms with Gasteiger partial charge in [-0.25, -0.2) is 0 Å². The van der Waals surface area contributed by atoms with Crippen LogP contribution in [0.1, 0.15) is 76.6 Å². The van der Waals surface area contributed by atoms with Crippen LogP contribution in [0.25, 0.3) is 0 Å². The molecule has 4 aromatic carbocycles. The van der Waals surface area contributed by atoms with Gasteiger partial charge in [-0.1, -0.05) is 92.1 Å². The van der Waals surface area contributed by atoms with E-state index in [1.165, 1.54) is 65.5 Å². The summed E-state index contributed by atoms with van der Waals surface area (Å²) < 4.78 is 0. The first kappa shape index (κ1) is 24.2. The van der Waals surface area contributed by atoms with Gasteiger partial charge in [0.15, 0.2) is 0 Å². The molecule has 1 aliphatic carbocycles. The number of hydrogen-bond donors (Lipinski definition) is 2. The Morgan fingerprint density at radius 2 is 0.917 bits per heavy atom. The smallest absolute Gasteiger partial charge is 0.0343 e. The lowest BCUT2D eigenvalue weighted by Crippen LogP contribution is -2.30. The number of nitrogen functional groups attached to an aromatic ring is 2. The maximum atomic E-state index is 6.01. The third kappa shape index (κ3) is 5.04. The largest absolute Gasteiger partial charge is 0.399 e. The van der Waals surface area contributed by atoms with Crippen molar-refractivity contribution in [2.24, 2.45) is 0 Å². The maximum absolute atomic E-state index is 6.01. The van der Waals surface area contributed by atoms with Crippen LogP contribution in [0.2, 0.25) is 0 Å². The maximum Gasteiger partial charge on any atom is 0.0343 e. The zero-order chi connectivity index (χ0) is 25.1. The number of rotatable bonds is 6. The zero-order valence-corrected chi connectivity index (χ0v) is 21.7. The molecule has 36 heavy (non-hydrogen) atoms. The van der Waals surface area contributed by atoms with Crippen LogP contribution >= 0.6 is 0 Å². The fraction of sp³-hybridized carbons (Fsp3) is 0.294. The summed E-state index contributed by atoms with van der Waals surface area (Å²) >= 11 is 0. The topological polar surface area (TPSA) is 52.0 Å². The second kappa shape index (κ2) is 10.2. The van der Waals surface area contributed by atoms with Crippen molar-refractivity contribution in [3.63, 3.8) is 0 Å². The quantitative estimate of drug-likeness (QED) is 0.279. The van der Waals surface area contributed by atoms with E-state index >= 15 is 0 Å². The molecule has 1 saturated carbocycles. The Hall–Kier alpha value is -3.52. The first-order valence-corrected chi connectivity index (χ1v) is 13.3. The second-order valence-corrected chi connectivity index (χ2v) is 10.8. The minimum Gasteiger partial charge on any atom is -0.399 e. The van der Waals surface area contributed by atoms with Crippen molar-refractivity contribution in [3.05, 3.63) is 129 Å². The molecule has 4 N–H and O–H groups in total. The molecule has 1 fully saturated rings. The summed E-state index contributed by atoms with van der Waals surface area (Å²) in [5.41, 5.74) is 24.4. The lowest BCUT2D eigenvalue weighted by molar-refractivity contribution is 0.346. The SMILES string of the molecule is Cc1cc(Cc2ccc(C3(c4ccc(Cc5ccc(N)c(C)c5)cc4)CCCCC3)cc2)ccc1N. The van der Waals surface area contributed by atoms with Gasteiger partial charge in [0.05, 0.1) is 0 Å². The summed E-state index contributed by atoms with van der Waals surface area (Å²) in [5, 5.41) is 0. The van der Waals surface area contributed by atoms with Crippen molar-refractivity contribution in [1.82, 2.24) is 0 Å². The van der Waals surface area contributed by atoms with Crippen LogP contribution in [0, 0.1) is 13.8 Å². The van der Waals surface area contributed by atoms with Crippen LogP contribution < -0.4 is 11.5 Å². The molecule has 0 atom stereocenters. The summed E-state index contributed by atoms with van der Waals surface area (Å²) in [7, 11) is 0. The fourth-order valence-electron chi connectivity index (χ4n) is 5.95. The molecule has 5 rings (SSSR count). The average Bonchev–Trinajstić information content (AvgIpc) is 2.90. The Labute approximate surface area is 216 Å². The summed E-state index contributed by atoms with van der Waals surface area (Å²) in [6.45, 7) is 4.16. The number of hydrogen-bond acceptors (Lipinski definition) is 2. The predicted octanol–water partition coefficient (Wildman–Crippen LogP) is 7.90. The van der Waals surface area contributed by atoms with Crippen LogP contribution in [-0.4, -0.2) is 0 Å². The molecular formula is C34H38N2. The number of nitrogens with two attached hydrogens (primary N) is 2. The van der Waals surface area contributed by atoms with Gasteiger partial charge in [0.2, 0.25) is 0 Å². The number of benzene rings is 4. The Balaban J connectivity index is 1.38. The van der Waals surface area contributed by atoms with E-state index in [0.717, 1.165) is 35.3 Å². The third-order valence-corrected chi connectivity index (χ3v) is 8.21. The van der Waals surface area contributed by atoms with Gasteiger partial charge in [-0.15, -0.1) is 0 Å². The average molecular weight is 475 g/mol. The normalized spacial score (nSPS) is 15.1. The number of aryl methyl sites for hydroxylation is 2. The van der Waals surface area contributed by atoms with E-state index in [4.69, 9.17) is 11.5 Å². The standard InChI is InChI=1S/C34H38N2/c1-24-20-28(10-16-32(24)35)22-26-6-12-30(13-7-26)34(18-4-3-5-19-34)31-14-8-27(9-15-31)23-29-11-17-33(36)25(2)21-29/h6-17,20-21H,3-5,18-19,22-23,35-36H2,1-2H3. The lowest BCUT2D eigenvalue weighted by atomic mass is 9.65. The van der Waals surface area contributed by atoms with Crippen LogP contribution in [0.15, 0.2) is 84.9 Å². The van der Waals surface area contributed by atoms with Crippen molar-refractivity contribution in [1.29, 1.82) is 0 Å². The predicted molar refractivity (Wildman–Crippen MR) is 154 cm³/mol. The molecule has 0 saturated heterocycles. The van der Waals surface area contributed by atoms with E-state index in [9.17, 15) is 0 Å². The Kier molecular flexibility index (Phi) is 6.87. The summed E-state index contributed by atoms with van der Waals surface area (Å²) in [6, 6.07) is 31.6. The summed E-state index contributed by atoms with van der Waals surface area (Å²) in [5.74, 6) is 0. The van der Waals surface area contributed by atoms with E-state index in [1.807, 2.05) is 12.1 Å². The van der Waals surface area contributed by atoms with Gasteiger partial charge in [0, 0.05) is 16.8 Å². The Bertz CT molecular complexity index is 1230. The van der Waals surface area contributed by atoms with Crippen LogP contribution in [0.5, 0.6) is 0 Å². The van der Waals surface area contributed by atoms with Gasteiger partial charge in [0.25, 0.3) is 0 Å². The van der Waals surface area contributed by atoms with Gasteiger partial charge in [-0.3, -0.25) is 0 Å². The van der Waals surface area contributed by atoms with Crippen molar-refractivity contribution >= 4 is 11.4 Å². The van der Waals surface area contributed by atoms with E-state index in [-0.39, 0.29) is 5.41 Å². The molecule has 2 nitrogen and oxygen atoms in total. The second-order valence-electron chi connectivity index (χ2n) is 10.8. The van der Waals surface area contributed by atoms with Crippen LogP contribution in [0.4, 0.5) is 11.4 Å². The molecule has 0 aliphatic heterocycles. The highest BCUT2D eigenvalue weighted by Crippen LogP contribution is 2.45. The van der Waals surface area contributed by atoms with Gasteiger partial charge in [-0.2, -0.15) is 0 Å². The molecule has 0 amide bonds. The summed E-state index contributed by atoms with van der Waals surface area (Å²) in [6.07, 6.45) is 8.24. The van der Waals surface area contributed by atoms with Gasteiger partial charge < -0.3 is 11.5 Å². The molecule has 2 heteroatoms. The highest BCUT2D eigenvalue weighted by Gasteiger charge is 2.35. The van der Waals surface area contributed by atoms with E-state index < -0.39 is 0 Å². The highest BCUT2D eigenvalue weighted by molar-refractivity contribution is 5.50. The first-order chi connectivity index (χ1) is 17.4. The third-order valence-electron chi connectivity index (χ3n) is 8.21. The molecule has 0 unspecified atom stereocenters. The Morgan fingerprint density at radius 3 is 1.31 bits per heavy atom. The zero-order valence-electron chi connectivity index (χ0n) is 21.7.